The summed E-state index contributed by atoms with van der Waals surface area (Å²) in [6.07, 6.45) is 2.77. The largest absolute Gasteiger partial charge is 0.353 e. The quantitative estimate of drug-likeness (QED) is 0.738. The smallest absolute Gasteiger partial charge is 0.243 e. The number of halogens is 1. The van der Waals surface area contributed by atoms with Crippen LogP contribution in [0.5, 0.6) is 0 Å². The van der Waals surface area contributed by atoms with E-state index in [4.69, 9.17) is 11.6 Å². The lowest BCUT2D eigenvalue weighted by molar-refractivity contribution is -0.137. The van der Waals surface area contributed by atoms with Crippen LogP contribution in [0.2, 0.25) is 5.02 Å². The van der Waals surface area contributed by atoms with Crippen LogP contribution in [0.1, 0.15) is 24.8 Å². The Morgan fingerprint density at radius 1 is 0.900 bits per heavy atom. The number of anilines is 1. The van der Waals surface area contributed by atoms with Crippen LogP contribution in [0, 0.1) is 0 Å². The zero-order chi connectivity index (χ0) is 20.9. The first-order valence-corrected chi connectivity index (χ1v) is 10.6. The van der Waals surface area contributed by atoms with E-state index in [2.05, 4.69) is 15.0 Å². The van der Waals surface area contributed by atoms with Crippen LogP contribution in [0.3, 0.4) is 0 Å². The van der Waals surface area contributed by atoms with Gasteiger partial charge in [0.1, 0.15) is 5.82 Å². The second-order valence-electron chi connectivity index (χ2n) is 7.38. The highest BCUT2D eigenvalue weighted by molar-refractivity contribution is 6.30. The van der Waals surface area contributed by atoms with E-state index in [-0.39, 0.29) is 24.7 Å². The predicted octanol–water partition coefficient (Wildman–Crippen LogP) is 2.80. The molecule has 0 spiro atoms. The molecule has 1 aromatic carbocycles. The van der Waals surface area contributed by atoms with Gasteiger partial charge in [0.2, 0.25) is 11.8 Å². The van der Waals surface area contributed by atoms with Crippen LogP contribution in [0.25, 0.3) is 0 Å². The van der Waals surface area contributed by atoms with Crippen molar-refractivity contribution < 1.29 is 9.59 Å². The Morgan fingerprint density at radius 2 is 1.63 bits per heavy atom. The maximum atomic E-state index is 12.6. The van der Waals surface area contributed by atoms with Gasteiger partial charge in [-0.2, -0.15) is 5.10 Å². The molecule has 0 unspecified atom stereocenters. The van der Waals surface area contributed by atoms with Crippen molar-refractivity contribution in [2.75, 3.05) is 37.6 Å². The number of nitrogens with zero attached hydrogens (tertiary/aromatic N) is 5. The number of hydrazone groups is 1. The summed E-state index contributed by atoms with van der Waals surface area (Å²) < 4.78 is 0. The molecule has 4 rings (SSSR count). The number of carbonyl (C=O) groups excluding carboxylic acids is 2. The number of aromatic nitrogens is 1. The molecule has 0 saturated carbocycles. The summed E-state index contributed by atoms with van der Waals surface area (Å²) in [5, 5.41) is 6.56. The number of hydrogen-bond acceptors (Lipinski definition) is 5. The highest BCUT2D eigenvalue weighted by Gasteiger charge is 2.25. The molecule has 1 fully saturated rings. The molecule has 0 aliphatic carbocycles. The van der Waals surface area contributed by atoms with E-state index >= 15 is 0 Å². The van der Waals surface area contributed by atoms with Crippen LogP contribution >= 0.6 is 11.6 Å². The van der Waals surface area contributed by atoms with E-state index in [1.165, 1.54) is 5.01 Å². The first-order valence-electron chi connectivity index (χ1n) is 10.2. The zero-order valence-corrected chi connectivity index (χ0v) is 17.5. The molecule has 7 nitrogen and oxygen atoms in total. The molecule has 156 valence electrons. The van der Waals surface area contributed by atoms with Crippen LogP contribution in [0.15, 0.2) is 53.8 Å². The Balaban J connectivity index is 1.24. The zero-order valence-electron chi connectivity index (χ0n) is 16.7. The SMILES string of the molecule is O=C(CCC(=O)N1CCC(c2ccccc2)=N1)N1CCN(c2ccc(Cl)cn2)CC1. The highest BCUT2D eigenvalue weighted by atomic mass is 35.5. The second kappa shape index (κ2) is 9.26. The van der Waals surface area contributed by atoms with Gasteiger partial charge in [-0.25, -0.2) is 9.99 Å². The Kier molecular flexibility index (Phi) is 6.28. The number of pyridine rings is 1. The van der Waals surface area contributed by atoms with E-state index in [0.717, 1.165) is 23.5 Å². The first-order chi connectivity index (χ1) is 14.6. The van der Waals surface area contributed by atoms with E-state index in [9.17, 15) is 9.59 Å². The van der Waals surface area contributed by atoms with Crippen molar-refractivity contribution >= 4 is 34.9 Å². The van der Waals surface area contributed by atoms with E-state index in [1.54, 1.807) is 6.20 Å². The van der Waals surface area contributed by atoms with Gasteiger partial charge in [0, 0.05) is 51.6 Å². The number of carbonyl (C=O) groups is 2. The Morgan fingerprint density at radius 3 is 2.33 bits per heavy atom. The summed E-state index contributed by atoms with van der Waals surface area (Å²) in [6, 6.07) is 13.6. The van der Waals surface area contributed by atoms with E-state index in [0.29, 0.717) is 37.7 Å². The number of rotatable bonds is 5. The fourth-order valence-corrected chi connectivity index (χ4v) is 3.82. The molecular formula is C22H24ClN5O2. The summed E-state index contributed by atoms with van der Waals surface area (Å²) in [7, 11) is 0. The lowest BCUT2D eigenvalue weighted by Crippen LogP contribution is -2.49. The molecule has 0 N–H and O–H groups in total. The molecule has 3 heterocycles. The van der Waals surface area contributed by atoms with Crippen molar-refractivity contribution in [3.63, 3.8) is 0 Å². The highest BCUT2D eigenvalue weighted by Crippen LogP contribution is 2.18. The number of benzene rings is 1. The molecule has 8 heteroatoms. The summed E-state index contributed by atoms with van der Waals surface area (Å²) in [6.45, 7) is 3.25. The summed E-state index contributed by atoms with van der Waals surface area (Å²) in [5.41, 5.74) is 1.96. The molecule has 2 amide bonds. The van der Waals surface area contributed by atoms with Crippen molar-refractivity contribution in [2.24, 2.45) is 5.10 Å². The Labute approximate surface area is 180 Å². The van der Waals surface area contributed by atoms with Crippen molar-refractivity contribution in [1.82, 2.24) is 14.9 Å². The molecular weight excluding hydrogens is 402 g/mol. The van der Waals surface area contributed by atoms with Crippen molar-refractivity contribution in [2.45, 2.75) is 19.3 Å². The van der Waals surface area contributed by atoms with Crippen LogP contribution in [-0.4, -0.2) is 65.1 Å². The fourth-order valence-electron chi connectivity index (χ4n) is 3.71. The average molecular weight is 426 g/mol. The van der Waals surface area contributed by atoms with Crippen LogP contribution in [-0.2, 0) is 9.59 Å². The van der Waals surface area contributed by atoms with Crippen molar-refractivity contribution in [3.05, 3.63) is 59.2 Å². The van der Waals surface area contributed by atoms with Gasteiger partial charge in [-0.05, 0) is 17.7 Å². The second-order valence-corrected chi connectivity index (χ2v) is 7.82. The molecule has 1 saturated heterocycles. The summed E-state index contributed by atoms with van der Waals surface area (Å²) in [4.78, 5) is 33.3. The third-order valence-corrected chi connectivity index (χ3v) is 5.64. The van der Waals surface area contributed by atoms with Gasteiger partial charge in [0.05, 0.1) is 17.3 Å². The lowest BCUT2D eigenvalue weighted by atomic mass is 10.1. The van der Waals surface area contributed by atoms with Crippen LogP contribution in [0.4, 0.5) is 5.82 Å². The molecule has 30 heavy (non-hydrogen) atoms. The Bertz CT molecular complexity index is 924. The minimum absolute atomic E-state index is 0.0125. The predicted molar refractivity (Wildman–Crippen MR) is 117 cm³/mol. The van der Waals surface area contributed by atoms with Gasteiger partial charge in [0.15, 0.2) is 0 Å². The van der Waals surface area contributed by atoms with Gasteiger partial charge in [-0.3, -0.25) is 9.59 Å². The van der Waals surface area contributed by atoms with Gasteiger partial charge in [-0.1, -0.05) is 41.9 Å². The topological polar surface area (TPSA) is 69.1 Å². The number of piperazine rings is 1. The molecule has 0 atom stereocenters. The molecule has 2 aromatic rings. The van der Waals surface area contributed by atoms with E-state index in [1.807, 2.05) is 47.4 Å². The number of hydrogen-bond donors (Lipinski definition) is 0. The van der Waals surface area contributed by atoms with Crippen molar-refractivity contribution in [3.8, 4) is 0 Å². The lowest BCUT2D eigenvalue weighted by Gasteiger charge is -2.35. The minimum atomic E-state index is -0.0988. The Hall–Kier alpha value is -2.93. The molecule has 0 bridgehead atoms. The van der Waals surface area contributed by atoms with Gasteiger partial charge < -0.3 is 9.80 Å². The monoisotopic (exact) mass is 425 g/mol. The third kappa shape index (κ3) is 4.79. The van der Waals surface area contributed by atoms with Gasteiger partial charge in [-0.15, -0.1) is 0 Å². The standard InChI is InChI=1S/C22H24ClN5O2/c23-18-6-7-20(24-16-18)26-12-14-27(15-13-26)21(29)8-9-22(30)28-11-10-19(25-28)17-4-2-1-3-5-17/h1-7,16H,8-15H2. The molecule has 2 aliphatic rings. The van der Waals surface area contributed by atoms with Crippen molar-refractivity contribution in [1.29, 1.82) is 0 Å². The van der Waals surface area contributed by atoms with Crippen LogP contribution < -0.4 is 4.90 Å². The fraction of sp³-hybridized carbons (Fsp3) is 0.364. The summed E-state index contributed by atoms with van der Waals surface area (Å²) in [5.74, 6) is 0.777. The van der Waals surface area contributed by atoms with Gasteiger partial charge >= 0.3 is 0 Å². The minimum Gasteiger partial charge on any atom is -0.353 e. The molecule has 2 aliphatic heterocycles. The third-order valence-electron chi connectivity index (χ3n) is 5.42. The molecule has 0 radical (unpaired) electrons. The summed E-state index contributed by atoms with van der Waals surface area (Å²) >= 11 is 5.89. The normalized spacial score (nSPS) is 16.6. The maximum Gasteiger partial charge on any atom is 0.243 e. The number of amides is 2. The van der Waals surface area contributed by atoms with Gasteiger partial charge in [0.25, 0.3) is 0 Å². The maximum absolute atomic E-state index is 12.6. The molecule has 1 aromatic heterocycles. The average Bonchev–Trinajstić information content (AvgIpc) is 3.29. The first kappa shape index (κ1) is 20.3. The van der Waals surface area contributed by atoms with E-state index < -0.39 is 0 Å².